The average Bonchev–Trinajstić information content (AvgIpc) is 1.62. The van der Waals surface area contributed by atoms with Gasteiger partial charge in [-0.1, -0.05) is 20.8 Å². The zero-order valence-corrected chi connectivity index (χ0v) is 6.28. The zero-order valence-electron chi connectivity index (χ0n) is 6.28. The Hall–Kier alpha value is -0.0400. The van der Waals surface area contributed by atoms with E-state index in [2.05, 4.69) is 40.1 Å². The van der Waals surface area contributed by atoms with Gasteiger partial charge >= 0.3 is 0 Å². The van der Waals surface area contributed by atoms with Crippen LogP contribution in [0.4, 0.5) is 0 Å². The van der Waals surface area contributed by atoms with Gasteiger partial charge in [0.1, 0.15) is 0 Å². The number of hydrogen-bond donors (Lipinski definition) is 1. The van der Waals surface area contributed by atoms with Crippen molar-refractivity contribution in [3.8, 4) is 0 Å². The topological polar surface area (TPSA) is 12.0 Å². The van der Waals surface area contributed by atoms with Crippen molar-refractivity contribution in [3.63, 3.8) is 0 Å². The highest BCUT2D eigenvalue weighted by Crippen LogP contribution is 2.17. The van der Waals surface area contributed by atoms with Crippen molar-refractivity contribution in [2.45, 2.75) is 33.7 Å². The second kappa shape index (κ2) is 2.49. The van der Waals surface area contributed by atoms with Gasteiger partial charge in [0.05, 0.1) is 0 Å². The van der Waals surface area contributed by atoms with E-state index in [4.69, 9.17) is 0 Å². The summed E-state index contributed by atoms with van der Waals surface area (Å²) in [5.41, 5.74) is 0.335. The van der Waals surface area contributed by atoms with Crippen molar-refractivity contribution in [1.82, 2.24) is 5.32 Å². The van der Waals surface area contributed by atoms with Crippen molar-refractivity contribution in [1.29, 1.82) is 0 Å². The van der Waals surface area contributed by atoms with Crippen LogP contribution >= 0.6 is 0 Å². The molecule has 1 atom stereocenters. The highest BCUT2D eigenvalue weighted by atomic mass is 14.9. The van der Waals surface area contributed by atoms with Crippen LogP contribution in [0.1, 0.15) is 27.7 Å². The van der Waals surface area contributed by atoms with Crippen molar-refractivity contribution in [2.75, 3.05) is 0 Å². The molecular formula is C7H16N. The van der Waals surface area contributed by atoms with Crippen molar-refractivity contribution in [3.05, 3.63) is 7.05 Å². The second-order valence-corrected chi connectivity index (χ2v) is 3.29. The molecule has 0 aliphatic rings. The molecule has 1 N–H and O–H groups in total. The molecule has 0 aliphatic carbocycles. The number of rotatable bonds is 1. The van der Waals surface area contributed by atoms with E-state index in [1.165, 1.54) is 0 Å². The molecule has 0 aromatic carbocycles. The smallest absolute Gasteiger partial charge is 0.00878 e. The molecular weight excluding hydrogens is 98.1 g/mol. The maximum absolute atomic E-state index is 3.60. The molecule has 0 saturated carbocycles. The second-order valence-electron chi connectivity index (χ2n) is 3.29. The molecule has 0 aromatic heterocycles. The van der Waals surface area contributed by atoms with Gasteiger partial charge in [-0.3, -0.25) is 0 Å². The monoisotopic (exact) mass is 114 g/mol. The van der Waals surface area contributed by atoms with Gasteiger partial charge in [0.2, 0.25) is 0 Å². The SMILES string of the molecule is [CH2]NC(C)C(C)(C)C. The maximum Gasteiger partial charge on any atom is 0.00878 e. The molecule has 1 nitrogen and oxygen atoms in total. The first-order valence-electron chi connectivity index (χ1n) is 3.01. The summed E-state index contributed by atoms with van der Waals surface area (Å²) in [6.07, 6.45) is 0. The minimum atomic E-state index is 0.335. The predicted molar refractivity (Wildman–Crippen MR) is 37.4 cm³/mol. The first-order valence-corrected chi connectivity index (χ1v) is 3.01. The van der Waals surface area contributed by atoms with Crippen LogP contribution in [0.3, 0.4) is 0 Å². The van der Waals surface area contributed by atoms with Gasteiger partial charge in [-0.2, -0.15) is 0 Å². The third-order valence-corrected chi connectivity index (χ3v) is 1.61. The number of hydrogen-bond acceptors (Lipinski definition) is 1. The van der Waals surface area contributed by atoms with Crippen molar-refractivity contribution < 1.29 is 0 Å². The van der Waals surface area contributed by atoms with Gasteiger partial charge in [0, 0.05) is 13.1 Å². The van der Waals surface area contributed by atoms with Gasteiger partial charge in [0.15, 0.2) is 0 Å². The molecule has 0 bridgehead atoms. The molecule has 0 rings (SSSR count). The fourth-order valence-corrected chi connectivity index (χ4v) is 0.306. The van der Waals surface area contributed by atoms with Crippen LogP contribution in [-0.2, 0) is 0 Å². The average molecular weight is 114 g/mol. The van der Waals surface area contributed by atoms with Crippen molar-refractivity contribution >= 4 is 0 Å². The van der Waals surface area contributed by atoms with E-state index in [1.807, 2.05) is 0 Å². The Bertz CT molecular complexity index is 61.3. The summed E-state index contributed by atoms with van der Waals surface area (Å²) in [5, 5.41) is 2.95. The van der Waals surface area contributed by atoms with Gasteiger partial charge in [0.25, 0.3) is 0 Å². The Morgan fingerprint density at radius 1 is 1.38 bits per heavy atom. The Kier molecular flexibility index (Phi) is 2.48. The minimum Gasteiger partial charge on any atom is -0.312 e. The van der Waals surface area contributed by atoms with Gasteiger partial charge in [-0.05, 0) is 12.3 Å². The van der Waals surface area contributed by atoms with Crippen molar-refractivity contribution in [2.24, 2.45) is 5.41 Å². The van der Waals surface area contributed by atoms with E-state index in [0.717, 1.165) is 0 Å². The number of nitrogens with one attached hydrogen (secondary N) is 1. The third kappa shape index (κ3) is 2.31. The van der Waals surface area contributed by atoms with Crippen LogP contribution in [0.2, 0.25) is 0 Å². The Labute approximate surface area is 52.5 Å². The Morgan fingerprint density at radius 2 is 1.75 bits per heavy atom. The summed E-state index contributed by atoms with van der Waals surface area (Å²) < 4.78 is 0. The lowest BCUT2D eigenvalue weighted by Crippen LogP contribution is -2.33. The highest BCUT2D eigenvalue weighted by molar-refractivity contribution is 4.74. The maximum atomic E-state index is 3.60. The van der Waals surface area contributed by atoms with E-state index in [-0.39, 0.29) is 0 Å². The highest BCUT2D eigenvalue weighted by Gasteiger charge is 2.16. The Balaban J connectivity index is 3.62. The lowest BCUT2D eigenvalue weighted by molar-refractivity contribution is 0.308. The largest absolute Gasteiger partial charge is 0.312 e. The molecule has 1 heteroatoms. The van der Waals surface area contributed by atoms with Crippen LogP contribution in [-0.4, -0.2) is 6.04 Å². The molecule has 0 aliphatic heterocycles. The molecule has 0 saturated heterocycles. The van der Waals surface area contributed by atoms with E-state index in [1.54, 1.807) is 0 Å². The molecule has 8 heavy (non-hydrogen) atoms. The van der Waals surface area contributed by atoms with Crippen LogP contribution in [0, 0.1) is 12.5 Å². The predicted octanol–water partition coefficient (Wildman–Crippen LogP) is 1.80. The molecule has 1 radical (unpaired) electrons. The van der Waals surface area contributed by atoms with Crippen LogP contribution in [0.15, 0.2) is 0 Å². The standard InChI is InChI=1S/C7H16N/c1-6(8-5)7(2,3)4/h6,8H,5H2,1-4H3. The van der Waals surface area contributed by atoms with E-state index < -0.39 is 0 Å². The van der Waals surface area contributed by atoms with Gasteiger partial charge in [-0.15, -0.1) is 0 Å². The van der Waals surface area contributed by atoms with Gasteiger partial charge < -0.3 is 5.32 Å². The van der Waals surface area contributed by atoms with Crippen LogP contribution < -0.4 is 5.32 Å². The fraction of sp³-hybridized carbons (Fsp3) is 0.857. The minimum absolute atomic E-state index is 0.335. The summed E-state index contributed by atoms with van der Waals surface area (Å²) in [6, 6.07) is 0.488. The third-order valence-electron chi connectivity index (χ3n) is 1.61. The molecule has 1 unspecified atom stereocenters. The first kappa shape index (κ1) is 7.96. The van der Waals surface area contributed by atoms with Crippen LogP contribution in [0.25, 0.3) is 0 Å². The summed E-state index contributed by atoms with van der Waals surface area (Å²) in [6.45, 7) is 8.70. The molecule has 0 aromatic rings. The van der Waals surface area contributed by atoms with Crippen LogP contribution in [0.5, 0.6) is 0 Å². The quantitative estimate of drug-likeness (QED) is 0.548. The summed E-state index contributed by atoms with van der Waals surface area (Å²) in [7, 11) is 3.60. The zero-order chi connectivity index (χ0) is 6.78. The normalized spacial score (nSPS) is 16.1. The van der Waals surface area contributed by atoms with E-state index in [9.17, 15) is 0 Å². The van der Waals surface area contributed by atoms with E-state index in [0.29, 0.717) is 11.5 Å². The fourth-order valence-electron chi connectivity index (χ4n) is 0.306. The molecule has 0 spiro atoms. The lowest BCUT2D eigenvalue weighted by atomic mass is 9.88. The van der Waals surface area contributed by atoms with E-state index >= 15 is 0 Å². The molecule has 49 valence electrons. The summed E-state index contributed by atoms with van der Waals surface area (Å²) in [5.74, 6) is 0. The Morgan fingerprint density at radius 3 is 1.75 bits per heavy atom. The first-order chi connectivity index (χ1) is 3.48. The summed E-state index contributed by atoms with van der Waals surface area (Å²) >= 11 is 0. The lowest BCUT2D eigenvalue weighted by Gasteiger charge is -2.26. The molecule has 0 amide bonds. The van der Waals surface area contributed by atoms with Gasteiger partial charge in [-0.25, -0.2) is 0 Å². The molecule has 0 heterocycles. The summed E-state index contributed by atoms with van der Waals surface area (Å²) in [4.78, 5) is 0. The molecule has 0 fully saturated rings.